The number of rotatable bonds is 5. The van der Waals surface area contributed by atoms with E-state index in [9.17, 15) is 14.9 Å². The van der Waals surface area contributed by atoms with Gasteiger partial charge in [-0.3, -0.25) is 19.4 Å². The van der Waals surface area contributed by atoms with Gasteiger partial charge in [-0.15, -0.1) is 11.3 Å². The molecule has 2 amide bonds. The van der Waals surface area contributed by atoms with Crippen LogP contribution in [0.15, 0.2) is 0 Å². The van der Waals surface area contributed by atoms with E-state index in [0.717, 1.165) is 49.7 Å². The highest BCUT2D eigenvalue weighted by Gasteiger charge is 2.28. The minimum Gasteiger partial charge on any atom is -0.341 e. The summed E-state index contributed by atoms with van der Waals surface area (Å²) in [6.45, 7) is 13.9. The number of piperidine rings is 1. The summed E-state index contributed by atoms with van der Waals surface area (Å²) >= 11 is 1.45. The zero-order chi connectivity index (χ0) is 21.8. The molecule has 3 rings (SSSR count). The first-order valence-electron chi connectivity index (χ1n) is 10.8. The first-order chi connectivity index (χ1) is 14.3. The van der Waals surface area contributed by atoms with Gasteiger partial charge in [-0.25, -0.2) is 0 Å². The van der Waals surface area contributed by atoms with E-state index in [1.807, 2.05) is 18.7 Å². The van der Waals surface area contributed by atoms with E-state index in [0.29, 0.717) is 35.5 Å². The summed E-state index contributed by atoms with van der Waals surface area (Å²) in [5, 5.41) is 12.9. The molecule has 0 radical (unpaired) electrons. The summed E-state index contributed by atoms with van der Waals surface area (Å²) in [7, 11) is 0. The second kappa shape index (κ2) is 9.90. The van der Waals surface area contributed by atoms with Gasteiger partial charge in [0.05, 0.1) is 18.7 Å². The number of nitrogens with zero attached hydrogens (tertiary/aromatic N) is 4. The molecule has 0 spiro atoms. The molecule has 0 bridgehead atoms. The second-order valence-electron chi connectivity index (χ2n) is 8.94. The van der Waals surface area contributed by atoms with Crippen molar-refractivity contribution in [2.75, 3.05) is 57.7 Å². The average molecular weight is 432 g/mol. The Morgan fingerprint density at radius 3 is 2.20 bits per heavy atom. The number of piperazine rings is 1. The number of amides is 2. The zero-order valence-corrected chi connectivity index (χ0v) is 19.3. The molecule has 7 nitrogen and oxygen atoms in total. The van der Waals surface area contributed by atoms with Crippen LogP contribution in [0.1, 0.15) is 36.3 Å². The fourth-order valence-corrected chi connectivity index (χ4v) is 5.51. The Bertz CT molecular complexity index is 812. The number of hydrogen-bond donors (Lipinski definition) is 1. The molecule has 1 aromatic rings. The van der Waals surface area contributed by atoms with Crippen LogP contribution in [0.5, 0.6) is 0 Å². The van der Waals surface area contributed by atoms with E-state index < -0.39 is 0 Å². The number of aryl methyl sites for hydroxylation is 1. The maximum absolute atomic E-state index is 12.7. The van der Waals surface area contributed by atoms with E-state index in [-0.39, 0.29) is 11.8 Å². The molecule has 2 aliphatic rings. The van der Waals surface area contributed by atoms with Crippen molar-refractivity contribution in [2.24, 2.45) is 11.8 Å². The maximum atomic E-state index is 12.7. The summed E-state index contributed by atoms with van der Waals surface area (Å²) in [4.78, 5) is 32.5. The predicted octanol–water partition coefficient (Wildman–Crippen LogP) is 2.30. The second-order valence-corrected chi connectivity index (χ2v) is 10.2. The van der Waals surface area contributed by atoms with Gasteiger partial charge in [0.25, 0.3) is 0 Å². The molecule has 8 heteroatoms. The number of carbonyl (C=O) groups is 2. The smallest absolute Gasteiger partial charge is 0.239 e. The van der Waals surface area contributed by atoms with E-state index >= 15 is 0 Å². The summed E-state index contributed by atoms with van der Waals surface area (Å²) in [5.74, 6) is 1.29. The molecule has 1 N–H and O–H groups in total. The van der Waals surface area contributed by atoms with Gasteiger partial charge in [0.2, 0.25) is 11.8 Å². The molecule has 0 aromatic carbocycles. The molecule has 3 heterocycles. The molecule has 30 heavy (non-hydrogen) atoms. The number of carbonyl (C=O) groups excluding carboxylic acids is 2. The normalized spacial score (nSPS) is 23.2. The van der Waals surface area contributed by atoms with E-state index in [1.54, 1.807) is 0 Å². The number of thiophene rings is 1. The van der Waals surface area contributed by atoms with Crippen LogP contribution < -0.4 is 5.32 Å². The topological polar surface area (TPSA) is 79.7 Å². The minimum absolute atomic E-state index is 0.0893. The highest BCUT2D eigenvalue weighted by atomic mass is 32.1. The third-order valence-electron chi connectivity index (χ3n) is 6.16. The van der Waals surface area contributed by atoms with Crippen molar-refractivity contribution in [2.45, 2.75) is 34.1 Å². The van der Waals surface area contributed by atoms with Crippen LogP contribution in [0, 0.1) is 37.0 Å². The molecule has 164 valence electrons. The van der Waals surface area contributed by atoms with Crippen LogP contribution in [-0.2, 0) is 9.59 Å². The third-order valence-corrected chi connectivity index (χ3v) is 7.29. The summed E-state index contributed by atoms with van der Waals surface area (Å²) in [6.07, 6.45) is 1.20. The van der Waals surface area contributed by atoms with Crippen LogP contribution in [-0.4, -0.2) is 78.9 Å². The molecule has 2 aliphatic heterocycles. The van der Waals surface area contributed by atoms with E-state index in [2.05, 4.69) is 35.0 Å². The van der Waals surface area contributed by atoms with Crippen molar-refractivity contribution in [1.29, 1.82) is 5.26 Å². The highest BCUT2D eigenvalue weighted by molar-refractivity contribution is 7.16. The van der Waals surface area contributed by atoms with Crippen molar-refractivity contribution >= 4 is 28.2 Å². The number of likely N-dealkylation sites (tertiary alicyclic amines) is 1. The molecule has 1 aromatic heterocycles. The Hall–Kier alpha value is -1.95. The van der Waals surface area contributed by atoms with Crippen molar-refractivity contribution < 1.29 is 9.59 Å². The molecule has 2 unspecified atom stereocenters. The van der Waals surface area contributed by atoms with Gasteiger partial charge >= 0.3 is 0 Å². The van der Waals surface area contributed by atoms with E-state index in [4.69, 9.17) is 0 Å². The van der Waals surface area contributed by atoms with Gasteiger partial charge in [-0.1, -0.05) is 13.8 Å². The molecular formula is C22H33N5O2S. The van der Waals surface area contributed by atoms with E-state index in [1.165, 1.54) is 17.8 Å². The van der Waals surface area contributed by atoms with Crippen LogP contribution >= 0.6 is 11.3 Å². The quantitative estimate of drug-likeness (QED) is 0.774. The van der Waals surface area contributed by atoms with Crippen LogP contribution in [0.3, 0.4) is 0 Å². The minimum atomic E-state index is -0.0893. The summed E-state index contributed by atoms with van der Waals surface area (Å²) in [6, 6.07) is 2.19. The lowest BCUT2D eigenvalue weighted by Gasteiger charge is -2.38. The first kappa shape index (κ1) is 22.7. The monoisotopic (exact) mass is 431 g/mol. The summed E-state index contributed by atoms with van der Waals surface area (Å²) < 4.78 is 0. The van der Waals surface area contributed by atoms with Crippen molar-refractivity contribution in [3.8, 4) is 6.07 Å². The Morgan fingerprint density at radius 1 is 1.07 bits per heavy atom. The van der Waals surface area contributed by atoms with Crippen molar-refractivity contribution in [3.05, 3.63) is 16.0 Å². The third kappa shape index (κ3) is 5.60. The van der Waals surface area contributed by atoms with Crippen LogP contribution in [0.2, 0.25) is 0 Å². The largest absolute Gasteiger partial charge is 0.341 e. The SMILES string of the molecule is Cc1sc(NC(=O)CN2CCN(CC(=O)N3CC(C)CC(C)C3)CC2)c(C#N)c1C. The number of anilines is 1. The van der Waals surface area contributed by atoms with Crippen molar-refractivity contribution in [1.82, 2.24) is 14.7 Å². The molecule has 0 aliphatic carbocycles. The molecular weight excluding hydrogens is 398 g/mol. The average Bonchev–Trinajstić information content (AvgIpc) is 2.95. The molecule has 2 atom stereocenters. The summed E-state index contributed by atoms with van der Waals surface area (Å²) in [5.41, 5.74) is 1.50. The fourth-order valence-electron chi connectivity index (χ4n) is 4.48. The lowest BCUT2D eigenvalue weighted by molar-refractivity contribution is -0.135. The standard InChI is InChI=1S/C22H33N5O2S/c1-15-9-16(2)12-27(11-15)21(29)14-26-7-5-25(6-8-26)13-20(28)24-22-19(10-23)17(3)18(4)30-22/h15-16H,5-9,11-14H2,1-4H3,(H,24,28). The Balaban J connectivity index is 1.43. The zero-order valence-electron chi connectivity index (χ0n) is 18.5. The maximum Gasteiger partial charge on any atom is 0.239 e. The van der Waals surface area contributed by atoms with Crippen molar-refractivity contribution in [3.63, 3.8) is 0 Å². The van der Waals surface area contributed by atoms with Gasteiger partial charge in [0.1, 0.15) is 11.1 Å². The van der Waals surface area contributed by atoms with Gasteiger partial charge in [-0.2, -0.15) is 5.26 Å². The van der Waals surface area contributed by atoms with Crippen LogP contribution in [0.25, 0.3) is 0 Å². The first-order valence-corrected chi connectivity index (χ1v) is 11.6. The highest BCUT2D eigenvalue weighted by Crippen LogP contribution is 2.31. The number of nitrogens with one attached hydrogen (secondary N) is 1. The molecule has 2 fully saturated rings. The lowest BCUT2D eigenvalue weighted by Crippen LogP contribution is -2.52. The van der Waals surface area contributed by atoms with Gasteiger partial charge in [-0.05, 0) is 37.7 Å². The van der Waals surface area contributed by atoms with Gasteiger partial charge in [0.15, 0.2) is 0 Å². The van der Waals surface area contributed by atoms with Gasteiger partial charge in [0, 0.05) is 44.1 Å². The predicted molar refractivity (Wildman–Crippen MR) is 120 cm³/mol. The molecule has 2 saturated heterocycles. The lowest BCUT2D eigenvalue weighted by atomic mass is 9.92. The number of hydrogen-bond acceptors (Lipinski definition) is 6. The van der Waals surface area contributed by atoms with Gasteiger partial charge < -0.3 is 10.2 Å². The fraction of sp³-hybridized carbons (Fsp3) is 0.682. The molecule has 0 saturated carbocycles. The number of nitriles is 1. The van der Waals surface area contributed by atoms with Crippen LogP contribution in [0.4, 0.5) is 5.00 Å². The Labute approximate surface area is 183 Å². The Morgan fingerprint density at radius 2 is 1.63 bits per heavy atom. The Kier molecular flexibility index (Phi) is 7.50.